The van der Waals surface area contributed by atoms with Gasteiger partial charge in [-0.05, 0) is 19.3 Å². The fraction of sp³-hybridized carbons (Fsp3) is 0.625. The minimum atomic E-state index is -1.01. The van der Waals surface area contributed by atoms with Crippen molar-refractivity contribution < 1.29 is 0 Å². The predicted octanol–water partition coefficient (Wildman–Crippen LogP) is 1.34. The normalized spacial score (nSPS) is 26.5. The first kappa shape index (κ1) is 7.58. The van der Waals surface area contributed by atoms with Gasteiger partial charge < -0.3 is 0 Å². The van der Waals surface area contributed by atoms with Crippen LogP contribution in [0.5, 0.6) is 0 Å². The summed E-state index contributed by atoms with van der Waals surface area (Å²) < 4.78 is 0. The Morgan fingerprint density at radius 1 is 1.18 bits per heavy atom. The Bertz CT molecular complexity index is 259. The standard InChI is InChI=1S/C8H7N3/c9-4-7-2-1-3-8(7,5-10)6-11/h7H,1-3H2. The highest BCUT2D eigenvalue weighted by Crippen LogP contribution is 2.41. The summed E-state index contributed by atoms with van der Waals surface area (Å²) in [5, 5.41) is 26.0. The molecule has 0 radical (unpaired) electrons. The molecule has 1 unspecified atom stereocenters. The van der Waals surface area contributed by atoms with Gasteiger partial charge >= 0.3 is 0 Å². The number of hydrogen-bond donors (Lipinski definition) is 0. The van der Waals surface area contributed by atoms with E-state index in [9.17, 15) is 0 Å². The molecule has 0 aliphatic heterocycles. The van der Waals surface area contributed by atoms with E-state index >= 15 is 0 Å². The van der Waals surface area contributed by atoms with Gasteiger partial charge in [-0.3, -0.25) is 0 Å². The Morgan fingerprint density at radius 3 is 2.18 bits per heavy atom. The van der Waals surface area contributed by atoms with E-state index in [2.05, 4.69) is 0 Å². The topological polar surface area (TPSA) is 71.4 Å². The van der Waals surface area contributed by atoms with Gasteiger partial charge in [-0.15, -0.1) is 0 Å². The van der Waals surface area contributed by atoms with Gasteiger partial charge in [0.25, 0.3) is 0 Å². The second kappa shape index (κ2) is 2.60. The summed E-state index contributed by atoms with van der Waals surface area (Å²) in [6.07, 6.45) is 2.06. The van der Waals surface area contributed by atoms with Crippen LogP contribution in [0.25, 0.3) is 0 Å². The average Bonchev–Trinajstić information content (AvgIpc) is 2.47. The molecule has 0 amide bonds. The molecular formula is C8H7N3. The molecule has 0 aromatic rings. The van der Waals surface area contributed by atoms with Crippen molar-refractivity contribution in [2.45, 2.75) is 19.3 Å². The van der Waals surface area contributed by atoms with Crippen LogP contribution in [0, 0.1) is 45.3 Å². The molecule has 1 aliphatic carbocycles. The van der Waals surface area contributed by atoms with Gasteiger partial charge in [-0.1, -0.05) is 0 Å². The Kier molecular flexibility index (Phi) is 1.79. The zero-order valence-electron chi connectivity index (χ0n) is 6.04. The summed E-state index contributed by atoms with van der Waals surface area (Å²) in [6, 6.07) is 5.90. The third-order valence-electron chi connectivity index (χ3n) is 2.21. The lowest BCUT2D eigenvalue weighted by Crippen LogP contribution is -2.19. The van der Waals surface area contributed by atoms with Crippen LogP contribution in [0.2, 0.25) is 0 Å². The molecule has 0 heterocycles. The minimum Gasteiger partial charge on any atom is -0.198 e. The molecule has 0 spiro atoms. The molecule has 0 aromatic heterocycles. The van der Waals surface area contributed by atoms with Gasteiger partial charge in [-0.2, -0.15) is 15.8 Å². The maximum absolute atomic E-state index is 8.69. The summed E-state index contributed by atoms with van der Waals surface area (Å²) in [5.41, 5.74) is -1.01. The lowest BCUT2D eigenvalue weighted by atomic mass is 9.82. The molecule has 0 saturated heterocycles. The first-order valence-corrected chi connectivity index (χ1v) is 3.51. The molecule has 54 valence electrons. The van der Waals surface area contributed by atoms with Crippen LogP contribution < -0.4 is 0 Å². The van der Waals surface area contributed by atoms with Crippen LogP contribution in [0.3, 0.4) is 0 Å². The summed E-state index contributed by atoms with van der Waals surface area (Å²) >= 11 is 0. The molecule has 1 rings (SSSR count). The van der Waals surface area contributed by atoms with E-state index in [1.54, 1.807) is 0 Å². The van der Waals surface area contributed by atoms with E-state index in [0.29, 0.717) is 12.8 Å². The number of rotatable bonds is 0. The molecule has 1 atom stereocenters. The fourth-order valence-corrected chi connectivity index (χ4v) is 1.47. The molecule has 3 heteroatoms. The molecule has 0 aromatic carbocycles. The molecular weight excluding hydrogens is 138 g/mol. The van der Waals surface area contributed by atoms with Gasteiger partial charge in [0.05, 0.1) is 24.1 Å². The van der Waals surface area contributed by atoms with E-state index in [0.717, 1.165) is 6.42 Å². The smallest absolute Gasteiger partial charge is 0.159 e. The number of hydrogen-bond acceptors (Lipinski definition) is 3. The Labute approximate surface area is 65.5 Å². The van der Waals surface area contributed by atoms with Gasteiger partial charge in [0.15, 0.2) is 5.41 Å². The second-order valence-electron chi connectivity index (χ2n) is 2.77. The summed E-state index contributed by atoms with van der Waals surface area (Å²) in [6.45, 7) is 0. The van der Waals surface area contributed by atoms with Crippen LogP contribution in [0.15, 0.2) is 0 Å². The molecule has 0 bridgehead atoms. The van der Waals surface area contributed by atoms with Gasteiger partial charge in [0, 0.05) is 0 Å². The van der Waals surface area contributed by atoms with Crippen LogP contribution in [-0.2, 0) is 0 Å². The lowest BCUT2D eigenvalue weighted by Gasteiger charge is -2.12. The monoisotopic (exact) mass is 145 g/mol. The van der Waals surface area contributed by atoms with Crippen LogP contribution in [-0.4, -0.2) is 0 Å². The number of nitriles is 3. The van der Waals surface area contributed by atoms with Crippen molar-refractivity contribution in [1.29, 1.82) is 15.8 Å². The van der Waals surface area contributed by atoms with Crippen molar-refractivity contribution in [3.63, 3.8) is 0 Å². The Balaban J connectivity index is 2.96. The predicted molar refractivity (Wildman–Crippen MR) is 36.6 cm³/mol. The van der Waals surface area contributed by atoms with Crippen molar-refractivity contribution >= 4 is 0 Å². The van der Waals surface area contributed by atoms with Crippen LogP contribution >= 0.6 is 0 Å². The maximum Gasteiger partial charge on any atom is 0.159 e. The van der Waals surface area contributed by atoms with Crippen molar-refractivity contribution in [3.05, 3.63) is 0 Å². The molecule has 1 saturated carbocycles. The highest BCUT2D eigenvalue weighted by molar-refractivity contribution is 5.23. The summed E-state index contributed by atoms with van der Waals surface area (Å²) in [5.74, 6) is -0.377. The summed E-state index contributed by atoms with van der Waals surface area (Å²) in [4.78, 5) is 0. The average molecular weight is 145 g/mol. The quantitative estimate of drug-likeness (QED) is 0.516. The van der Waals surface area contributed by atoms with Crippen molar-refractivity contribution in [3.8, 4) is 18.2 Å². The van der Waals surface area contributed by atoms with E-state index in [1.165, 1.54) is 0 Å². The molecule has 11 heavy (non-hydrogen) atoms. The van der Waals surface area contributed by atoms with Crippen molar-refractivity contribution in [2.75, 3.05) is 0 Å². The first-order chi connectivity index (χ1) is 5.29. The van der Waals surface area contributed by atoms with Gasteiger partial charge in [0.1, 0.15) is 0 Å². The van der Waals surface area contributed by atoms with E-state index in [-0.39, 0.29) is 5.92 Å². The first-order valence-electron chi connectivity index (χ1n) is 3.51. The molecule has 0 N–H and O–H groups in total. The zero-order chi connectivity index (χ0) is 8.32. The second-order valence-corrected chi connectivity index (χ2v) is 2.77. The lowest BCUT2D eigenvalue weighted by molar-refractivity contribution is 0.457. The fourth-order valence-electron chi connectivity index (χ4n) is 1.47. The molecule has 1 aliphatic rings. The van der Waals surface area contributed by atoms with Crippen molar-refractivity contribution in [1.82, 2.24) is 0 Å². The Hall–Kier alpha value is -1.53. The highest BCUT2D eigenvalue weighted by atomic mass is 14.5. The van der Waals surface area contributed by atoms with E-state index in [1.807, 2.05) is 18.2 Å². The minimum absolute atomic E-state index is 0.377. The largest absolute Gasteiger partial charge is 0.198 e. The SMILES string of the molecule is N#CC1CCCC1(C#N)C#N. The van der Waals surface area contributed by atoms with Gasteiger partial charge in [0.2, 0.25) is 0 Å². The van der Waals surface area contributed by atoms with E-state index in [4.69, 9.17) is 15.8 Å². The zero-order valence-corrected chi connectivity index (χ0v) is 6.04. The Morgan fingerprint density at radius 2 is 1.82 bits per heavy atom. The highest BCUT2D eigenvalue weighted by Gasteiger charge is 2.44. The third-order valence-corrected chi connectivity index (χ3v) is 2.21. The van der Waals surface area contributed by atoms with Crippen LogP contribution in [0.1, 0.15) is 19.3 Å². The molecule has 1 fully saturated rings. The maximum atomic E-state index is 8.69. The van der Waals surface area contributed by atoms with Crippen LogP contribution in [0.4, 0.5) is 0 Å². The molecule has 3 nitrogen and oxygen atoms in total. The summed E-state index contributed by atoms with van der Waals surface area (Å²) in [7, 11) is 0. The number of nitrogens with zero attached hydrogens (tertiary/aromatic N) is 3. The van der Waals surface area contributed by atoms with Gasteiger partial charge in [-0.25, -0.2) is 0 Å². The van der Waals surface area contributed by atoms with Crippen molar-refractivity contribution in [2.24, 2.45) is 11.3 Å². The third kappa shape index (κ3) is 0.935. The van der Waals surface area contributed by atoms with E-state index < -0.39 is 5.41 Å².